The minimum absolute atomic E-state index is 0. The number of nitrogens with zero attached hydrogens (tertiary/aromatic N) is 2. The Morgan fingerprint density at radius 1 is 1.04 bits per heavy atom. The number of carbonyl (C=O) groups excluding carboxylic acids is 1. The Labute approximate surface area is 166 Å². The maximum absolute atomic E-state index is 13.0. The average Bonchev–Trinajstić information content (AvgIpc) is 3.08. The number of imidazole rings is 1. The number of ketones is 1. The molecule has 0 saturated carbocycles. The van der Waals surface area contributed by atoms with Crippen LogP contribution in [0.2, 0.25) is 15.1 Å². The van der Waals surface area contributed by atoms with Gasteiger partial charge < -0.3 is 4.57 Å². The lowest BCUT2D eigenvalue weighted by Gasteiger charge is -2.10. The smallest absolute Gasteiger partial charge is 0.211 e. The topological polar surface area (TPSA) is 34.9 Å². The Kier molecular flexibility index (Phi) is 6.68. The molecule has 25 heavy (non-hydrogen) atoms. The normalized spacial score (nSPS) is 11.1. The van der Waals surface area contributed by atoms with E-state index in [2.05, 4.69) is 4.98 Å². The maximum atomic E-state index is 13.0. The lowest BCUT2D eigenvalue weighted by Crippen LogP contribution is -2.09. The largest absolute Gasteiger partial charge is 0.303 e. The van der Waals surface area contributed by atoms with Gasteiger partial charge in [-0.2, -0.15) is 0 Å². The van der Waals surface area contributed by atoms with E-state index in [1.807, 2.05) is 18.2 Å². The van der Waals surface area contributed by atoms with Crippen LogP contribution in [-0.4, -0.2) is 15.3 Å². The van der Waals surface area contributed by atoms with Crippen molar-refractivity contribution in [1.29, 1.82) is 0 Å². The van der Waals surface area contributed by atoms with Crippen LogP contribution in [0.4, 0.5) is 0 Å². The first kappa shape index (κ1) is 19.5. The van der Waals surface area contributed by atoms with Gasteiger partial charge in [0.1, 0.15) is 0 Å². The highest BCUT2D eigenvalue weighted by atomic mass is 35.5. The third kappa shape index (κ3) is 4.44. The molecule has 0 atom stereocenters. The average molecular weight is 414 g/mol. The molecule has 0 spiro atoms. The van der Waals surface area contributed by atoms with Crippen LogP contribution in [-0.2, 0) is 0 Å². The molecule has 0 bridgehead atoms. The Balaban J connectivity index is 0.00000225. The number of hydrogen-bond acceptors (Lipinski definition) is 2. The van der Waals surface area contributed by atoms with Gasteiger partial charge in [0.15, 0.2) is 0 Å². The fourth-order valence-corrected chi connectivity index (χ4v) is 2.89. The van der Waals surface area contributed by atoms with E-state index in [0.717, 1.165) is 5.56 Å². The highest BCUT2D eigenvalue weighted by Crippen LogP contribution is 2.27. The van der Waals surface area contributed by atoms with E-state index in [1.54, 1.807) is 47.6 Å². The van der Waals surface area contributed by atoms with Crippen LogP contribution in [0.15, 0.2) is 61.2 Å². The number of aromatic nitrogens is 2. The molecule has 0 fully saturated rings. The van der Waals surface area contributed by atoms with Gasteiger partial charge in [-0.25, -0.2) is 4.98 Å². The SMILES string of the molecule is Cl.O=C(/C(=C/c1ccccc1Cl)n1ccnc1)c1ccc(Cl)cc1Cl. The molecule has 3 rings (SSSR count). The minimum Gasteiger partial charge on any atom is -0.303 e. The molecule has 0 amide bonds. The Bertz CT molecular complexity index is 921. The summed E-state index contributed by atoms with van der Waals surface area (Å²) in [6.45, 7) is 0. The van der Waals surface area contributed by atoms with Crippen LogP contribution in [0.5, 0.6) is 0 Å². The molecule has 2 aromatic carbocycles. The van der Waals surface area contributed by atoms with E-state index in [4.69, 9.17) is 34.8 Å². The molecule has 0 aliphatic carbocycles. The lowest BCUT2D eigenvalue weighted by atomic mass is 10.1. The summed E-state index contributed by atoms with van der Waals surface area (Å²) in [6.07, 6.45) is 6.53. The molecule has 0 unspecified atom stereocenters. The highest BCUT2D eigenvalue weighted by molar-refractivity contribution is 6.40. The van der Waals surface area contributed by atoms with E-state index < -0.39 is 0 Å². The zero-order chi connectivity index (χ0) is 17.1. The van der Waals surface area contributed by atoms with Gasteiger partial charge in [-0.3, -0.25) is 4.79 Å². The molecule has 1 heterocycles. The van der Waals surface area contributed by atoms with Crippen LogP contribution < -0.4 is 0 Å². The number of Topliss-reactive ketones (excluding diaryl/α,β-unsaturated/α-hetero) is 1. The van der Waals surface area contributed by atoms with Crippen LogP contribution in [0, 0.1) is 0 Å². The monoisotopic (exact) mass is 412 g/mol. The third-order valence-corrected chi connectivity index (χ3v) is 4.28. The van der Waals surface area contributed by atoms with Gasteiger partial charge in [0, 0.05) is 28.0 Å². The number of rotatable bonds is 4. The van der Waals surface area contributed by atoms with E-state index >= 15 is 0 Å². The van der Waals surface area contributed by atoms with Crippen molar-refractivity contribution in [2.45, 2.75) is 0 Å². The molecular formula is C18H12Cl4N2O. The first-order chi connectivity index (χ1) is 11.6. The summed E-state index contributed by atoms with van der Waals surface area (Å²) in [4.78, 5) is 17.0. The summed E-state index contributed by atoms with van der Waals surface area (Å²) in [6, 6.07) is 12.0. The fraction of sp³-hybridized carbons (Fsp3) is 0. The molecule has 1 aromatic heterocycles. The van der Waals surface area contributed by atoms with Crippen molar-refractivity contribution in [3.63, 3.8) is 0 Å². The van der Waals surface area contributed by atoms with Crippen LogP contribution in [0.1, 0.15) is 15.9 Å². The van der Waals surface area contributed by atoms with Crippen LogP contribution in [0.25, 0.3) is 11.8 Å². The first-order valence-corrected chi connectivity index (χ1v) is 8.14. The third-order valence-electron chi connectivity index (χ3n) is 3.39. The van der Waals surface area contributed by atoms with Gasteiger partial charge >= 0.3 is 0 Å². The van der Waals surface area contributed by atoms with E-state index in [0.29, 0.717) is 21.3 Å². The van der Waals surface area contributed by atoms with E-state index in [1.165, 1.54) is 6.07 Å². The van der Waals surface area contributed by atoms with E-state index in [-0.39, 0.29) is 23.2 Å². The molecule has 0 aliphatic heterocycles. The predicted octanol–water partition coefficient (Wildman–Crippen LogP) is 6.15. The molecule has 7 heteroatoms. The zero-order valence-corrected chi connectivity index (χ0v) is 15.8. The predicted molar refractivity (Wildman–Crippen MR) is 106 cm³/mol. The van der Waals surface area contributed by atoms with Crippen molar-refractivity contribution >= 4 is 64.8 Å². The second kappa shape index (κ2) is 8.54. The summed E-state index contributed by atoms with van der Waals surface area (Å²) in [7, 11) is 0. The zero-order valence-electron chi connectivity index (χ0n) is 12.7. The Morgan fingerprint density at radius 3 is 2.44 bits per heavy atom. The number of halogens is 4. The van der Waals surface area contributed by atoms with E-state index in [9.17, 15) is 4.79 Å². The van der Waals surface area contributed by atoms with Crippen LogP contribution in [0.3, 0.4) is 0 Å². The highest BCUT2D eigenvalue weighted by Gasteiger charge is 2.18. The number of benzene rings is 2. The quantitative estimate of drug-likeness (QED) is 0.380. The second-order valence-electron chi connectivity index (χ2n) is 4.97. The van der Waals surface area contributed by atoms with Gasteiger partial charge in [0.25, 0.3) is 0 Å². The van der Waals surface area contributed by atoms with Crippen molar-refractivity contribution in [1.82, 2.24) is 9.55 Å². The summed E-state index contributed by atoms with van der Waals surface area (Å²) in [5.41, 5.74) is 1.46. The van der Waals surface area contributed by atoms with Crippen molar-refractivity contribution in [3.8, 4) is 0 Å². The van der Waals surface area contributed by atoms with Crippen molar-refractivity contribution in [2.24, 2.45) is 0 Å². The summed E-state index contributed by atoms with van der Waals surface area (Å²) in [5.74, 6) is -0.255. The number of hydrogen-bond donors (Lipinski definition) is 0. The summed E-state index contributed by atoms with van der Waals surface area (Å²) < 4.78 is 1.62. The molecule has 3 nitrogen and oxygen atoms in total. The minimum atomic E-state index is -0.255. The number of allylic oxidation sites excluding steroid dienone is 1. The van der Waals surface area contributed by atoms with Gasteiger partial charge in [-0.05, 0) is 35.9 Å². The summed E-state index contributed by atoms with van der Waals surface area (Å²) in [5, 5.41) is 1.30. The molecule has 0 saturated heterocycles. The fourth-order valence-electron chi connectivity index (χ4n) is 2.21. The van der Waals surface area contributed by atoms with Crippen LogP contribution >= 0.6 is 47.2 Å². The van der Waals surface area contributed by atoms with Gasteiger partial charge in [0.2, 0.25) is 5.78 Å². The standard InChI is InChI=1S/C18H11Cl3N2O.ClH/c19-13-5-6-14(16(21)10-13)18(24)17(23-8-7-22-11-23)9-12-3-1-2-4-15(12)20;/h1-11H;1H/b17-9-;. The van der Waals surface area contributed by atoms with Gasteiger partial charge in [-0.15, -0.1) is 12.4 Å². The van der Waals surface area contributed by atoms with Crippen molar-refractivity contribution < 1.29 is 4.79 Å². The molecule has 128 valence electrons. The summed E-state index contributed by atoms with van der Waals surface area (Å²) >= 11 is 18.3. The first-order valence-electron chi connectivity index (χ1n) is 7.00. The molecular weight excluding hydrogens is 402 g/mol. The lowest BCUT2D eigenvalue weighted by molar-refractivity contribution is 0.105. The molecule has 0 aliphatic rings. The Hall–Kier alpha value is -1.78. The van der Waals surface area contributed by atoms with Crippen molar-refractivity contribution in [2.75, 3.05) is 0 Å². The molecule has 0 N–H and O–H groups in total. The Morgan fingerprint density at radius 2 is 1.80 bits per heavy atom. The number of carbonyl (C=O) groups is 1. The molecule has 0 radical (unpaired) electrons. The molecule has 3 aromatic rings. The maximum Gasteiger partial charge on any atom is 0.211 e. The van der Waals surface area contributed by atoms with Gasteiger partial charge in [-0.1, -0.05) is 53.0 Å². The van der Waals surface area contributed by atoms with Crippen molar-refractivity contribution in [3.05, 3.63) is 87.4 Å². The van der Waals surface area contributed by atoms with Gasteiger partial charge in [0.05, 0.1) is 17.0 Å². The second-order valence-corrected chi connectivity index (χ2v) is 6.23.